The van der Waals surface area contributed by atoms with E-state index < -0.39 is 0 Å². The number of nitrogens with zero attached hydrogens (tertiary/aromatic N) is 1. The maximum atomic E-state index is 11.6. The minimum atomic E-state index is -0.261. The van der Waals surface area contributed by atoms with Crippen molar-refractivity contribution in [3.05, 3.63) is 50.6 Å². The van der Waals surface area contributed by atoms with Gasteiger partial charge in [0.05, 0.1) is 6.54 Å². The van der Waals surface area contributed by atoms with Crippen molar-refractivity contribution < 1.29 is 9.53 Å². The molecular formula is C15H15BrN2O2S. The standard InChI is InChI=1S/C15H15BrN2O2S/c16-12-7-14(21-10-12)9-17-8-11-2-1-3-13(6-11)18-4-5-20-15(18)19/h1-3,6-7,10,17H,4-5,8-9H2. The Morgan fingerprint density at radius 2 is 2.24 bits per heavy atom. The Balaban J connectivity index is 1.59. The van der Waals surface area contributed by atoms with Crippen LogP contribution in [0.1, 0.15) is 10.4 Å². The summed E-state index contributed by atoms with van der Waals surface area (Å²) in [6.45, 7) is 2.70. The number of carbonyl (C=O) groups excluding carboxylic acids is 1. The monoisotopic (exact) mass is 366 g/mol. The lowest BCUT2D eigenvalue weighted by atomic mass is 10.2. The van der Waals surface area contributed by atoms with Crippen molar-refractivity contribution in [2.24, 2.45) is 0 Å². The average molecular weight is 367 g/mol. The third-order valence-corrected chi connectivity index (χ3v) is 4.93. The maximum absolute atomic E-state index is 11.6. The van der Waals surface area contributed by atoms with Crippen LogP contribution in [-0.4, -0.2) is 19.2 Å². The molecule has 1 saturated heterocycles. The van der Waals surface area contributed by atoms with Gasteiger partial charge in [-0.3, -0.25) is 4.90 Å². The summed E-state index contributed by atoms with van der Waals surface area (Å²) in [5.41, 5.74) is 2.05. The van der Waals surface area contributed by atoms with Crippen LogP contribution in [0.4, 0.5) is 10.5 Å². The van der Waals surface area contributed by atoms with E-state index in [0.29, 0.717) is 13.2 Å². The van der Waals surface area contributed by atoms with Crippen molar-refractivity contribution in [2.75, 3.05) is 18.1 Å². The van der Waals surface area contributed by atoms with Crippen LogP contribution in [0.3, 0.4) is 0 Å². The quantitative estimate of drug-likeness (QED) is 0.875. The molecule has 1 aliphatic rings. The smallest absolute Gasteiger partial charge is 0.414 e. The van der Waals surface area contributed by atoms with Crippen LogP contribution in [0.5, 0.6) is 0 Å². The summed E-state index contributed by atoms with van der Waals surface area (Å²) in [6.07, 6.45) is -0.261. The topological polar surface area (TPSA) is 41.6 Å². The molecule has 0 bridgehead atoms. The van der Waals surface area contributed by atoms with E-state index in [4.69, 9.17) is 4.74 Å². The van der Waals surface area contributed by atoms with E-state index in [-0.39, 0.29) is 6.09 Å². The van der Waals surface area contributed by atoms with Gasteiger partial charge in [0.1, 0.15) is 6.61 Å². The van der Waals surface area contributed by atoms with Crippen LogP contribution in [0.2, 0.25) is 0 Å². The molecule has 4 nitrogen and oxygen atoms in total. The first-order valence-corrected chi connectivity index (χ1v) is 8.36. The highest BCUT2D eigenvalue weighted by atomic mass is 79.9. The molecule has 6 heteroatoms. The van der Waals surface area contributed by atoms with Gasteiger partial charge in [-0.05, 0) is 39.7 Å². The highest BCUT2D eigenvalue weighted by Crippen LogP contribution is 2.21. The molecule has 2 heterocycles. The number of amides is 1. The molecule has 3 rings (SSSR count). The zero-order valence-corrected chi connectivity index (χ0v) is 13.7. The third-order valence-electron chi connectivity index (χ3n) is 3.23. The summed E-state index contributed by atoms with van der Waals surface area (Å²) in [4.78, 5) is 14.5. The fourth-order valence-electron chi connectivity index (χ4n) is 2.24. The van der Waals surface area contributed by atoms with E-state index in [9.17, 15) is 4.79 Å². The number of rotatable bonds is 5. The lowest BCUT2D eigenvalue weighted by Gasteiger charge is -2.14. The number of carbonyl (C=O) groups is 1. The van der Waals surface area contributed by atoms with E-state index in [1.54, 1.807) is 16.2 Å². The molecule has 0 spiro atoms. The molecule has 1 amide bonds. The van der Waals surface area contributed by atoms with Crippen molar-refractivity contribution in [3.63, 3.8) is 0 Å². The second kappa shape index (κ2) is 6.60. The highest BCUT2D eigenvalue weighted by Gasteiger charge is 2.23. The fourth-order valence-corrected chi connectivity index (χ4v) is 3.66. The first-order valence-electron chi connectivity index (χ1n) is 6.69. The average Bonchev–Trinajstić information content (AvgIpc) is 3.08. The molecule has 0 aliphatic carbocycles. The number of nitrogens with one attached hydrogen (secondary N) is 1. The summed E-state index contributed by atoms with van der Waals surface area (Å²) >= 11 is 5.18. The molecule has 1 aliphatic heterocycles. The predicted molar refractivity (Wildman–Crippen MR) is 87.7 cm³/mol. The Bertz CT molecular complexity index is 644. The number of cyclic esters (lactones) is 1. The summed E-state index contributed by atoms with van der Waals surface area (Å²) < 4.78 is 6.09. The van der Waals surface area contributed by atoms with Gasteiger partial charge >= 0.3 is 6.09 Å². The lowest BCUT2D eigenvalue weighted by Crippen LogP contribution is -2.23. The highest BCUT2D eigenvalue weighted by molar-refractivity contribution is 9.10. The first-order chi connectivity index (χ1) is 10.2. The van der Waals surface area contributed by atoms with Crippen LogP contribution < -0.4 is 10.2 Å². The van der Waals surface area contributed by atoms with Crippen molar-refractivity contribution in [2.45, 2.75) is 13.1 Å². The second-order valence-electron chi connectivity index (χ2n) is 4.77. The second-order valence-corrected chi connectivity index (χ2v) is 6.68. The molecule has 1 N–H and O–H groups in total. The molecule has 0 unspecified atom stereocenters. The van der Waals surface area contributed by atoms with E-state index in [2.05, 4.69) is 38.8 Å². The number of hydrogen-bond donors (Lipinski definition) is 1. The molecular weight excluding hydrogens is 352 g/mol. The molecule has 0 radical (unpaired) electrons. The van der Waals surface area contributed by atoms with Crippen LogP contribution in [-0.2, 0) is 17.8 Å². The Morgan fingerprint density at radius 1 is 1.33 bits per heavy atom. The van der Waals surface area contributed by atoms with Gasteiger partial charge < -0.3 is 10.1 Å². The minimum absolute atomic E-state index is 0.261. The van der Waals surface area contributed by atoms with E-state index in [1.807, 2.05) is 18.2 Å². The Labute approximate surface area is 135 Å². The minimum Gasteiger partial charge on any atom is -0.447 e. The van der Waals surface area contributed by atoms with Crippen LogP contribution in [0, 0.1) is 0 Å². The number of hydrogen-bond acceptors (Lipinski definition) is 4. The lowest BCUT2D eigenvalue weighted by molar-refractivity contribution is 0.181. The van der Waals surface area contributed by atoms with Crippen molar-refractivity contribution in [3.8, 4) is 0 Å². The van der Waals surface area contributed by atoms with Gasteiger partial charge in [0.2, 0.25) is 0 Å². The largest absolute Gasteiger partial charge is 0.447 e. The normalized spacial score (nSPS) is 14.5. The molecule has 2 aromatic rings. The number of thiophene rings is 1. The van der Waals surface area contributed by atoms with Gasteiger partial charge in [-0.2, -0.15) is 0 Å². The summed E-state index contributed by atoms with van der Waals surface area (Å²) in [5, 5.41) is 5.50. The van der Waals surface area contributed by atoms with E-state index in [1.165, 1.54) is 4.88 Å². The zero-order chi connectivity index (χ0) is 14.7. The molecule has 0 atom stereocenters. The fraction of sp³-hybridized carbons (Fsp3) is 0.267. The van der Waals surface area contributed by atoms with Crippen molar-refractivity contribution in [1.29, 1.82) is 0 Å². The van der Waals surface area contributed by atoms with Gasteiger partial charge in [-0.15, -0.1) is 11.3 Å². The zero-order valence-electron chi connectivity index (χ0n) is 11.3. The molecule has 110 valence electrons. The number of benzene rings is 1. The summed E-state index contributed by atoms with van der Waals surface area (Å²) in [7, 11) is 0. The SMILES string of the molecule is O=C1OCCN1c1cccc(CNCc2cc(Br)cs2)c1. The molecule has 1 aromatic heterocycles. The molecule has 21 heavy (non-hydrogen) atoms. The van der Waals surface area contributed by atoms with Crippen LogP contribution >= 0.6 is 27.3 Å². The number of halogens is 1. The number of ether oxygens (including phenoxy) is 1. The Kier molecular flexibility index (Phi) is 4.57. The maximum Gasteiger partial charge on any atom is 0.414 e. The van der Waals surface area contributed by atoms with Gasteiger partial charge in [0, 0.05) is 33.5 Å². The third kappa shape index (κ3) is 3.64. The van der Waals surface area contributed by atoms with Gasteiger partial charge in [-0.1, -0.05) is 12.1 Å². The van der Waals surface area contributed by atoms with Crippen molar-refractivity contribution in [1.82, 2.24) is 5.32 Å². The van der Waals surface area contributed by atoms with Gasteiger partial charge in [0.15, 0.2) is 0 Å². The van der Waals surface area contributed by atoms with Crippen LogP contribution in [0.25, 0.3) is 0 Å². The van der Waals surface area contributed by atoms with Crippen LogP contribution in [0.15, 0.2) is 40.2 Å². The first kappa shape index (κ1) is 14.6. The van der Waals surface area contributed by atoms with E-state index >= 15 is 0 Å². The van der Waals surface area contributed by atoms with E-state index in [0.717, 1.165) is 28.8 Å². The summed E-state index contributed by atoms with van der Waals surface area (Å²) in [6, 6.07) is 10.1. The molecule has 1 aromatic carbocycles. The van der Waals surface area contributed by atoms with Gasteiger partial charge in [-0.25, -0.2) is 4.79 Å². The Hall–Kier alpha value is -1.37. The Morgan fingerprint density at radius 3 is 2.95 bits per heavy atom. The summed E-state index contributed by atoms with van der Waals surface area (Å²) in [5.74, 6) is 0. The van der Waals surface area contributed by atoms with Crippen molar-refractivity contribution >= 4 is 39.0 Å². The predicted octanol–water partition coefficient (Wildman–Crippen LogP) is 3.76. The van der Waals surface area contributed by atoms with Gasteiger partial charge in [0.25, 0.3) is 0 Å². The number of anilines is 1. The molecule has 1 fully saturated rings. The molecule has 0 saturated carbocycles.